The van der Waals surface area contributed by atoms with Gasteiger partial charge in [-0.25, -0.2) is 0 Å². The van der Waals surface area contributed by atoms with Gasteiger partial charge in [-0.15, -0.1) is 13.2 Å². The van der Waals surface area contributed by atoms with E-state index in [1.807, 2.05) is 0 Å². The van der Waals surface area contributed by atoms with Crippen LogP contribution in [-0.4, -0.2) is 29.1 Å². The van der Waals surface area contributed by atoms with Crippen LogP contribution in [0.25, 0.3) is 21.8 Å². The molecule has 0 spiro atoms. The molecule has 0 saturated heterocycles. The Morgan fingerprint density at radius 1 is 1.12 bits per heavy atom. The van der Waals surface area contributed by atoms with Gasteiger partial charge in [0, 0.05) is 11.1 Å². The Morgan fingerprint density at radius 2 is 1.82 bits per heavy atom. The average molecular weight is 493 g/mol. The molecule has 1 aromatic heterocycles. The number of carbonyl (C=O) groups is 1. The van der Waals surface area contributed by atoms with Crippen LogP contribution in [0.15, 0.2) is 59.4 Å². The smallest absolute Gasteiger partial charge is 0.493 e. The van der Waals surface area contributed by atoms with E-state index >= 15 is 0 Å². The number of pyridine rings is 1. The van der Waals surface area contributed by atoms with E-state index in [1.54, 1.807) is 0 Å². The lowest BCUT2D eigenvalue weighted by Gasteiger charge is -2.18. The first-order valence-electron chi connectivity index (χ1n) is 9.75. The number of benzene rings is 3. The van der Waals surface area contributed by atoms with Gasteiger partial charge in [-0.2, -0.15) is 0 Å². The van der Waals surface area contributed by atoms with Gasteiger partial charge in [-0.05, 0) is 42.5 Å². The first-order valence-corrected chi connectivity index (χ1v) is 10.1. The summed E-state index contributed by atoms with van der Waals surface area (Å²) in [6.07, 6.45) is -4.89. The fraction of sp³-hybridized carbons (Fsp3) is 0.130. The van der Waals surface area contributed by atoms with Crippen molar-refractivity contribution >= 4 is 50.8 Å². The molecule has 4 aromatic rings. The molecule has 0 bridgehead atoms. The molecule has 0 aliphatic carbocycles. The first kappa shape index (κ1) is 23.2. The third kappa shape index (κ3) is 4.44. The molecule has 34 heavy (non-hydrogen) atoms. The summed E-state index contributed by atoms with van der Waals surface area (Å²) in [5.74, 6) is -1.51. The zero-order chi connectivity index (χ0) is 24.6. The zero-order valence-electron chi connectivity index (χ0n) is 17.4. The van der Waals surface area contributed by atoms with Crippen LogP contribution < -0.4 is 20.2 Å². The third-order valence-corrected chi connectivity index (χ3v) is 5.32. The first-order chi connectivity index (χ1) is 16.1. The van der Waals surface area contributed by atoms with Crippen LogP contribution in [0.5, 0.6) is 11.5 Å². The highest BCUT2D eigenvalue weighted by molar-refractivity contribution is 6.33. The molecule has 11 heteroatoms. The van der Waals surface area contributed by atoms with Crippen molar-refractivity contribution in [2.24, 2.45) is 0 Å². The Hall–Kier alpha value is -3.92. The summed E-state index contributed by atoms with van der Waals surface area (Å²) < 4.78 is 49.1. The minimum Gasteiger partial charge on any atom is -0.493 e. The van der Waals surface area contributed by atoms with Gasteiger partial charge in [0.15, 0.2) is 16.9 Å². The summed E-state index contributed by atoms with van der Waals surface area (Å²) in [7, 11) is 1.34. The Labute approximate surface area is 194 Å². The molecule has 0 fully saturated rings. The van der Waals surface area contributed by atoms with Gasteiger partial charge in [-0.3, -0.25) is 9.59 Å². The Morgan fingerprint density at radius 3 is 2.50 bits per heavy atom. The van der Waals surface area contributed by atoms with Crippen LogP contribution in [0, 0.1) is 0 Å². The van der Waals surface area contributed by atoms with E-state index in [4.69, 9.17) is 16.3 Å². The van der Waals surface area contributed by atoms with Crippen molar-refractivity contribution in [3.05, 3.63) is 69.8 Å². The maximum absolute atomic E-state index is 13.2. The molecule has 0 radical (unpaired) electrons. The van der Waals surface area contributed by atoms with E-state index in [0.29, 0.717) is 5.69 Å². The highest BCUT2D eigenvalue weighted by Crippen LogP contribution is 2.36. The zero-order valence-corrected chi connectivity index (χ0v) is 18.2. The highest BCUT2D eigenvalue weighted by Gasteiger charge is 2.32. The van der Waals surface area contributed by atoms with Crippen molar-refractivity contribution in [2.45, 2.75) is 12.9 Å². The number of carboxylic acid groups (broad SMARTS) is 1. The van der Waals surface area contributed by atoms with Crippen molar-refractivity contribution in [2.75, 3.05) is 12.4 Å². The summed E-state index contributed by atoms with van der Waals surface area (Å²) in [5, 5.41) is 13.0. The van der Waals surface area contributed by atoms with Crippen LogP contribution in [-0.2, 0) is 11.3 Å². The third-order valence-electron chi connectivity index (χ3n) is 5.02. The largest absolute Gasteiger partial charge is 0.573 e. The van der Waals surface area contributed by atoms with E-state index in [0.717, 1.165) is 6.07 Å². The number of ether oxygens (including phenoxy) is 2. The number of para-hydroxylation sites is 2. The molecular weight excluding hydrogens is 477 g/mol. The summed E-state index contributed by atoms with van der Waals surface area (Å²) in [6, 6.07) is 12.8. The number of alkyl halides is 3. The maximum atomic E-state index is 13.2. The molecule has 7 nitrogen and oxygen atoms in total. The van der Waals surface area contributed by atoms with Crippen LogP contribution in [0.1, 0.15) is 0 Å². The minimum absolute atomic E-state index is 0.0210. The van der Waals surface area contributed by atoms with E-state index in [-0.39, 0.29) is 43.7 Å². The van der Waals surface area contributed by atoms with Gasteiger partial charge in [0.2, 0.25) is 0 Å². The Balaban J connectivity index is 1.95. The van der Waals surface area contributed by atoms with Crippen LogP contribution in [0.4, 0.5) is 24.5 Å². The number of aliphatic carboxylic acids is 1. The summed E-state index contributed by atoms with van der Waals surface area (Å²) >= 11 is 6.22. The number of nitrogens with zero attached hydrogens (tertiary/aromatic N) is 1. The van der Waals surface area contributed by atoms with E-state index in [9.17, 15) is 27.9 Å². The molecule has 0 aliphatic rings. The van der Waals surface area contributed by atoms with E-state index in [1.165, 1.54) is 60.2 Å². The van der Waals surface area contributed by atoms with Gasteiger partial charge in [0.05, 0.1) is 34.2 Å². The maximum Gasteiger partial charge on any atom is 0.573 e. The summed E-state index contributed by atoms with van der Waals surface area (Å²) in [4.78, 5) is 24.8. The number of methoxy groups -OCH3 is 1. The number of halogens is 4. The van der Waals surface area contributed by atoms with Gasteiger partial charge in [0.25, 0.3) is 0 Å². The number of fused-ring (bicyclic) bond motifs is 2. The van der Waals surface area contributed by atoms with Crippen LogP contribution in [0.2, 0.25) is 5.02 Å². The Bertz CT molecular complexity index is 1480. The molecule has 0 saturated carbocycles. The van der Waals surface area contributed by atoms with Crippen molar-refractivity contribution in [1.29, 1.82) is 0 Å². The molecule has 0 aliphatic heterocycles. The van der Waals surface area contributed by atoms with Crippen LogP contribution >= 0.6 is 11.6 Å². The molecule has 0 atom stereocenters. The van der Waals surface area contributed by atoms with Gasteiger partial charge >= 0.3 is 12.3 Å². The molecule has 0 unspecified atom stereocenters. The second-order valence-electron chi connectivity index (χ2n) is 7.19. The predicted molar refractivity (Wildman–Crippen MR) is 121 cm³/mol. The average Bonchev–Trinajstić information content (AvgIpc) is 2.76. The molecule has 0 amide bonds. The number of rotatable bonds is 6. The highest BCUT2D eigenvalue weighted by atomic mass is 35.5. The number of hydrogen-bond donors (Lipinski definition) is 2. The molecule has 4 rings (SSSR count). The molecule has 3 aromatic carbocycles. The number of hydrogen-bond acceptors (Lipinski definition) is 5. The van der Waals surface area contributed by atoms with Gasteiger partial charge < -0.3 is 24.5 Å². The number of aromatic nitrogens is 1. The standard InChI is InChI=1S/C23H16ClF3N2O5/c1-33-22-15(24)9-8-14-20(22)29(11-19(30)31)17-10-12(6-7-13(17)21(14)32)28-16-4-2-3-5-18(16)34-23(25,26)27/h2-10,28H,11H2,1H3,(H,30,31). The summed E-state index contributed by atoms with van der Waals surface area (Å²) in [5.41, 5.74) is 0.346. The lowest BCUT2D eigenvalue weighted by atomic mass is 10.1. The SMILES string of the molecule is COc1c(Cl)ccc2c(=O)c3ccc(Nc4ccccc4OC(F)(F)F)cc3n(CC(=O)O)c12. The lowest BCUT2D eigenvalue weighted by Crippen LogP contribution is -2.18. The van der Waals surface area contributed by atoms with Crippen molar-refractivity contribution < 1.29 is 32.5 Å². The fourth-order valence-corrected chi connectivity index (χ4v) is 3.95. The predicted octanol–water partition coefficient (Wildman–Crippen LogP) is 5.54. The molecule has 176 valence electrons. The lowest BCUT2D eigenvalue weighted by molar-refractivity contribution is -0.274. The van der Waals surface area contributed by atoms with Crippen molar-refractivity contribution in [1.82, 2.24) is 4.57 Å². The molecule has 2 N–H and O–H groups in total. The quantitative estimate of drug-likeness (QED) is 0.343. The number of nitrogens with one attached hydrogen (secondary N) is 1. The van der Waals surface area contributed by atoms with E-state index in [2.05, 4.69) is 10.1 Å². The molecular formula is C23H16ClF3N2O5. The van der Waals surface area contributed by atoms with E-state index < -0.39 is 24.6 Å². The fourth-order valence-electron chi connectivity index (χ4n) is 3.72. The minimum atomic E-state index is -4.89. The normalized spacial score (nSPS) is 11.6. The topological polar surface area (TPSA) is 89.8 Å². The van der Waals surface area contributed by atoms with Crippen molar-refractivity contribution in [3.63, 3.8) is 0 Å². The van der Waals surface area contributed by atoms with Crippen LogP contribution in [0.3, 0.4) is 0 Å². The van der Waals surface area contributed by atoms with Crippen molar-refractivity contribution in [3.8, 4) is 11.5 Å². The monoisotopic (exact) mass is 492 g/mol. The van der Waals surface area contributed by atoms with Gasteiger partial charge in [0.1, 0.15) is 6.54 Å². The number of anilines is 2. The number of carboxylic acids is 1. The Kier molecular flexibility index (Phi) is 6.01. The second-order valence-corrected chi connectivity index (χ2v) is 7.59. The molecule has 1 heterocycles. The summed E-state index contributed by atoms with van der Waals surface area (Å²) in [6.45, 7) is -0.527. The van der Waals surface area contributed by atoms with Gasteiger partial charge in [-0.1, -0.05) is 23.7 Å². The second kappa shape index (κ2) is 8.79.